The van der Waals surface area contributed by atoms with Crippen LogP contribution in [-0.2, 0) is 4.79 Å². The van der Waals surface area contributed by atoms with Crippen molar-refractivity contribution in [3.8, 4) is 11.5 Å². The van der Waals surface area contributed by atoms with E-state index in [1.807, 2.05) is 12.1 Å². The Balaban J connectivity index is 1.63. The van der Waals surface area contributed by atoms with Crippen molar-refractivity contribution in [3.63, 3.8) is 0 Å². The molecule has 0 aromatic heterocycles. The van der Waals surface area contributed by atoms with E-state index in [0.29, 0.717) is 37.4 Å². The Hall–Kier alpha value is -2.05. The summed E-state index contributed by atoms with van der Waals surface area (Å²) in [7, 11) is 3.19. The van der Waals surface area contributed by atoms with Crippen molar-refractivity contribution >= 4 is 11.6 Å². The molecule has 2 fully saturated rings. The molecule has 2 aliphatic rings. The van der Waals surface area contributed by atoms with E-state index in [2.05, 4.69) is 5.32 Å². The normalized spacial score (nSPS) is 25.0. The number of anilines is 1. The third-order valence-electron chi connectivity index (χ3n) is 5.44. The largest absolute Gasteiger partial charge is 0.497 e. The van der Waals surface area contributed by atoms with Gasteiger partial charge in [0.25, 0.3) is 0 Å². The number of amides is 1. The Morgan fingerprint density at radius 2 is 1.85 bits per heavy atom. The summed E-state index contributed by atoms with van der Waals surface area (Å²) < 4.78 is 37.9. The molecule has 1 saturated carbocycles. The quantitative estimate of drug-likeness (QED) is 0.838. The van der Waals surface area contributed by atoms with Gasteiger partial charge in [0.2, 0.25) is 11.8 Å². The number of piperidine rings is 1. The second-order valence-electron chi connectivity index (χ2n) is 7.52. The highest BCUT2D eigenvalue weighted by molar-refractivity contribution is 5.79. The molecule has 1 aromatic carbocycles. The van der Waals surface area contributed by atoms with Gasteiger partial charge < -0.3 is 19.7 Å². The van der Waals surface area contributed by atoms with Gasteiger partial charge in [-0.15, -0.1) is 0 Å². The van der Waals surface area contributed by atoms with E-state index in [4.69, 9.17) is 9.47 Å². The first-order chi connectivity index (χ1) is 12.9. The van der Waals surface area contributed by atoms with Gasteiger partial charge >= 0.3 is 0 Å². The molecule has 0 spiro atoms. The molecular formula is C20H28F2N2O3. The summed E-state index contributed by atoms with van der Waals surface area (Å²) in [6.45, 7) is 1.17. The maximum Gasteiger partial charge on any atom is 0.248 e. The third kappa shape index (κ3) is 5.02. The molecule has 3 rings (SSSR count). The number of hydrogen-bond donors (Lipinski definition) is 1. The average molecular weight is 382 g/mol. The summed E-state index contributed by atoms with van der Waals surface area (Å²) in [5.74, 6) is -2.01. The number of nitrogens with one attached hydrogen (secondary N) is 1. The number of ether oxygens (including phenoxy) is 2. The SMILES string of the molecule is COc1cc(N[C@H]2CCCN(C(=O)[C@@H]3CCCC(F)(F)C3)C2)cc(OC)c1. The standard InChI is InChI=1S/C20H28F2N2O3/c1-26-17-9-16(10-18(11-17)27-2)23-15-6-4-8-24(13-15)19(25)14-5-3-7-20(21,22)12-14/h9-11,14-15,23H,3-8,12-13H2,1-2H3/t14-,15+/m1/s1. The van der Waals surface area contributed by atoms with E-state index in [-0.39, 0.29) is 24.8 Å². The van der Waals surface area contributed by atoms with Crippen LogP contribution in [0.4, 0.5) is 14.5 Å². The first-order valence-corrected chi connectivity index (χ1v) is 9.56. The highest BCUT2D eigenvalue weighted by Gasteiger charge is 2.41. The van der Waals surface area contributed by atoms with Gasteiger partial charge in [-0.1, -0.05) is 0 Å². The molecule has 150 valence electrons. The number of likely N-dealkylation sites (tertiary alicyclic amines) is 1. The fourth-order valence-corrected chi connectivity index (χ4v) is 4.06. The van der Waals surface area contributed by atoms with Crippen LogP contribution in [0.3, 0.4) is 0 Å². The summed E-state index contributed by atoms with van der Waals surface area (Å²) >= 11 is 0. The smallest absolute Gasteiger partial charge is 0.248 e. The number of rotatable bonds is 5. The van der Waals surface area contributed by atoms with Gasteiger partial charge in [-0.2, -0.15) is 0 Å². The van der Waals surface area contributed by atoms with Gasteiger partial charge in [0.15, 0.2) is 0 Å². The van der Waals surface area contributed by atoms with Gasteiger partial charge in [0.05, 0.1) is 14.2 Å². The third-order valence-corrected chi connectivity index (χ3v) is 5.44. The van der Waals surface area contributed by atoms with Crippen LogP contribution in [0.25, 0.3) is 0 Å². The lowest BCUT2D eigenvalue weighted by Crippen LogP contribution is -2.48. The molecule has 1 N–H and O–H groups in total. The summed E-state index contributed by atoms with van der Waals surface area (Å²) in [6.07, 6.45) is 2.35. The molecule has 2 atom stereocenters. The van der Waals surface area contributed by atoms with Crippen LogP contribution in [0.2, 0.25) is 0 Å². The molecule has 0 unspecified atom stereocenters. The number of halogens is 2. The van der Waals surface area contributed by atoms with Crippen LogP contribution in [0.1, 0.15) is 38.5 Å². The van der Waals surface area contributed by atoms with Crippen molar-refractivity contribution in [2.75, 3.05) is 32.6 Å². The molecule has 1 heterocycles. The zero-order valence-corrected chi connectivity index (χ0v) is 16.0. The monoisotopic (exact) mass is 382 g/mol. The Bertz CT molecular complexity index is 646. The van der Waals surface area contributed by atoms with E-state index in [9.17, 15) is 13.6 Å². The first-order valence-electron chi connectivity index (χ1n) is 9.56. The zero-order chi connectivity index (χ0) is 19.4. The molecule has 1 amide bonds. The fourth-order valence-electron chi connectivity index (χ4n) is 4.06. The van der Waals surface area contributed by atoms with Crippen LogP contribution in [0, 0.1) is 5.92 Å². The van der Waals surface area contributed by atoms with Crippen molar-refractivity contribution in [2.45, 2.75) is 50.5 Å². The van der Waals surface area contributed by atoms with E-state index >= 15 is 0 Å². The average Bonchev–Trinajstić information content (AvgIpc) is 2.66. The second-order valence-corrected chi connectivity index (χ2v) is 7.52. The molecule has 5 nitrogen and oxygen atoms in total. The molecule has 7 heteroatoms. The van der Waals surface area contributed by atoms with Crippen LogP contribution in [0.5, 0.6) is 11.5 Å². The minimum absolute atomic E-state index is 0.0728. The van der Waals surface area contributed by atoms with Crippen molar-refractivity contribution < 1.29 is 23.0 Å². The number of methoxy groups -OCH3 is 2. The molecule has 1 saturated heterocycles. The van der Waals surface area contributed by atoms with Gasteiger partial charge in [0.1, 0.15) is 11.5 Å². The van der Waals surface area contributed by atoms with Gasteiger partial charge in [-0.25, -0.2) is 8.78 Å². The number of hydrogen-bond acceptors (Lipinski definition) is 4. The lowest BCUT2D eigenvalue weighted by molar-refractivity contribution is -0.143. The lowest BCUT2D eigenvalue weighted by Gasteiger charge is -2.37. The number of benzene rings is 1. The predicted octanol–water partition coefficient (Wildman–Crippen LogP) is 3.93. The molecule has 1 aromatic rings. The van der Waals surface area contributed by atoms with Crippen molar-refractivity contribution in [3.05, 3.63) is 18.2 Å². The summed E-state index contributed by atoms with van der Waals surface area (Å²) in [5.41, 5.74) is 0.856. The van der Waals surface area contributed by atoms with Crippen LogP contribution in [-0.4, -0.2) is 50.1 Å². The minimum Gasteiger partial charge on any atom is -0.497 e. The van der Waals surface area contributed by atoms with Gasteiger partial charge in [-0.05, 0) is 25.7 Å². The van der Waals surface area contributed by atoms with E-state index < -0.39 is 11.8 Å². The van der Waals surface area contributed by atoms with E-state index in [0.717, 1.165) is 18.5 Å². The summed E-state index contributed by atoms with van der Waals surface area (Å²) in [6, 6.07) is 5.63. The molecule has 0 bridgehead atoms. The Labute approximate surface area is 159 Å². The highest BCUT2D eigenvalue weighted by atomic mass is 19.3. The lowest BCUT2D eigenvalue weighted by atomic mass is 9.85. The van der Waals surface area contributed by atoms with Crippen LogP contribution in [0.15, 0.2) is 18.2 Å². The Morgan fingerprint density at radius 3 is 2.48 bits per heavy atom. The predicted molar refractivity (Wildman–Crippen MR) is 99.7 cm³/mol. The second kappa shape index (κ2) is 8.31. The first kappa shape index (κ1) is 19.7. The number of nitrogens with zero attached hydrogens (tertiary/aromatic N) is 1. The van der Waals surface area contributed by atoms with Crippen molar-refractivity contribution in [2.24, 2.45) is 5.92 Å². The molecule has 1 aliphatic carbocycles. The maximum atomic E-state index is 13.7. The topological polar surface area (TPSA) is 50.8 Å². The highest BCUT2D eigenvalue weighted by Crippen LogP contribution is 2.38. The van der Waals surface area contributed by atoms with E-state index in [1.165, 1.54) is 0 Å². The van der Waals surface area contributed by atoms with Crippen molar-refractivity contribution in [1.82, 2.24) is 4.90 Å². The Kier molecular flexibility index (Phi) is 6.07. The molecule has 1 aliphatic heterocycles. The minimum atomic E-state index is -2.71. The number of alkyl halides is 2. The Morgan fingerprint density at radius 1 is 1.15 bits per heavy atom. The van der Waals surface area contributed by atoms with Gasteiger partial charge in [0, 0.05) is 61.8 Å². The van der Waals surface area contributed by atoms with E-state index in [1.54, 1.807) is 25.2 Å². The summed E-state index contributed by atoms with van der Waals surface area (Å²) in [5, 5.41) is 3.43. The zero-order valence-electron chi connectivity index (χ0n) is 16.0. The molecule has 27 heavy (non-hydrogen) atoms. The maximum absolute atomic E-state index is 13.7. The van der Waals surface area contributed by atoms with Crippen LogP contribution < -0.4 is 14.8 Å². The van der Waals surface area contributed by atoms with Crippen molar-refractivity contribution in [1.29, 1.82) is 0 Å². The number of carbonyl (C=O) groups is 1. The summed E-state index contributed by atoms with van der Waals surface area (Å²) in [4.78, 5) is 14.5. The molecular weight excluding hydrogens is 354 g/mol. The van der Waals surface area contributed by atoms with Crippen LogP contribution >= 0.6 is 0 Å². The fraction of sp³-hybridized carbons (Fsp3) is 0.650. The molecule has 0 radical (unpaired) electrons. The van der Waals surface area contributed by atoms with Gasteiger partial charge in [-0.3, -0.25) is 4.79 Å². The number of carbonyl (C=O) groups excluding carboxylic acids is 1.